The smallest absolute Gasteiger partial charge is 0.358 e. The third-order valence-corrected chi connectivity index (χ3v) is 1.37. The molecular weight excluding hydrogens is 231 g/mol. The number of aromatic amines is 1. The van der Waals surface area contributed by atoms with E-state index >= 15 is 0 Å². The highest BCUT2D eigenvalue weighted by molar-refractivity contribution is 5.28. The number of hydrogen-bond acceptors (Lipinski definition) is 4. The van der Waals surface area contributed by atoms with Gasteiger partial charge in [-0.05, 0) is 4.92 Å². The van der Waals surface area contributed by atoms with Gasteiger partial charge in [0.05, 0.1) is 0 Å². The minimum Gasteiger partial charge on any atom is -0.358 e. The first kappa shape index (κ1) is 11.3. The zero-order chi connectivity index (χ0) is 11.9. The summed E-state index contributed by atoms with van der Waals surface area (Å²) in [7, 11) is 0. The molecular formula is C4HF5N4O2. The second-order valence-corrected chi connectivity index (χ2v) is 2.34. The molecule has 0 unspecified atom stereocenters. The largest absolute Gasteiger partial charge is 0.460 e. The Bertz CT molecular complexity index is 385. The Labute approximate surface area is 77.2 Å². The standard InChI is InChI=1S/C4HF5N4O2/c5-3(6,4(7,8)9)1-2(13(14)15)11-12-10-1/h(H,10,11,12). The average molecular weight is 232 g/mol. The lowest BCUT2D eigenvalue weighted by molar-refractivity contribution is -0.394. The molecule has 0 atom stereocenters. The number of nitrogens with zero attached hydrogens (tertiary/aromatic N) is 3. The van der Waals surface area contributed by atoms with Crippen LogP contribution in [-0.4, -0.2) is 26.5 Å². The molecule has 0 aliphatic rings. The van der Waals surface area contributed by atoms with Crippen molar-refractivity contribution in [3.8, 4) is 0 Å². The van der Waals surface area contributed by atoms with Gasteiger partial charge in [0, 0.05) is 5.21 Å². The number of hydrogen-bond donors (Lipinski definition) is 1. The van der Waals surface area contributed by atoms with Crippen molar-refractivity contribution in [3.05, 3.63) is 15.8 Å². The number of halogens is 5. The Morgan fingerprint density at radius 2 is 1.80 bits per heavy atom. The molecule has 1 heterocycles. The van der Waals surface area contributed by atoms with Gasteiger partial charge >= 0.3 is 17.9 Å². The molecule has 1 aromatic rings. The normalized spacial score (nSPS) is 12.9. The molecule has 84 valence electrons. The molecule has 0 saturated carbocycles. The predicted octanol–water partition coefficient (Wildman–Crippen LogP) is 1.37. The highest BCUT2D eigenvalue weighted by atomic mass is 19.4. The Kier molecular flexibility index (Phi) is 2.33. The SMILES string of the molecule is O=[N+]([O-])c1[nH]nnc1C(F)(F)C(F)(F)F. The number of H-pyrrole nitrogens is 1. The molecule has 1 rings (SSSR count). The maximum Gasteiger partial charge on any atom is 0.460 e. The molecule has 0 aliphatic carbocycles. The second-order valence-electron chi connectivity index (χ2n) is 2.34. The fourth-order valence-electron chi connectivity index (χ4n) is 0.696. The zero-order valence-electron chi connectivity index (χ0n) is 6.55. The summed E-state index contributed by atoms with van der Waals surface area (Å²) in [6.45, 7) is 0. The first-order valence-electron chi connectivity index (χ1n) is 3.18. The first-order chi connectivity index (χ1) is 6.68. The van der Waals surface area contributed by atoms with Gasteiger partial charge in [-0.25, -0.2) is 0 Å². The molecule has 0 spiro atoms. The predicted molar refractivity (Wildman–Crippen MR) is 33.0 cm³/mol. The lowest BCUT2D eigenvalue weighted by Gasteiger charge is -2.15. The van der Waals surface area contributed by atoms with Crippen molar-refractivity contribution in [2.45, 2.75) is 12.1 Å². The highest BCUT2D eigenvalue weighted by Crippen LogP contribution is 2.45. The van der Waals surface area contributed by atoms with Gasteiger partial charge in [0.1, 0.15) is 0 Å². The zero-order valence-corrected chi connectivity index (χ0v) is 6.55. The van der Waals surface area contributed by atoms with E-state index in [-0.39, 0.29) is 0 Å². The fourth-order valence-corrected chi connectivity index (χ4v) is 0.696. The molecule has 0 fully saturated rings. The van der Waals surface area contributed by atoms with Gasteiger partial charge in [-0.15, -0.1) is 10.2 Å². The van der Waals surface area contributed by atoms with Gasteiger partial charge in [0.2, 0.25) is 5.69 Å². The number of nitro groups is 1. The molecule has 0 saturated heterocycles. The molecule has 0 amide bonds. The maximum atomic E-state index is 12.6. The van der Waals surface area contributed by atoms with Gasteiger partial charge in [-0.1, -0.05) is 0 Å². The lowest BCUT2D eigenvalue weighted by atomic mass is 10.2. The third kappa shape index (κ3) is 1.71. The van der Waals surface area contributed by atoms with E-state index in [9.17, 15) is 32.1 Å². The van der Waals surface area contributed by atoms with E-state index in [0.29, 0.717) is 0 Å². The van der Waals surface area contributed by atoms with Crippen LogP contribution in [0.4, 0.5) is 27.8 Å². The van der Waals surface area contributed by atoms with E-state index in [1.165, 1.54) is 5.10 Å². The summed E-state index contributed by atoms with van der Waals surface area (Å²) >= 11 is 0. The van der Waals surface area contributed by atoms with Crippen LogP contribution in [0.2, 0.25) is 0 Å². The molecule has 11 heteroatoms. The van der Waals surface area contributed by atoms with Crippen LogP contribution >= 0.6 is 0 Å². The van der Waals surface area contributed by atoms with Crippen LogP contribution in [0, 0.1) is 10.1 Å². The monoisotopic (exact) mass is 232 g/mol. The van der Waals surface area contributed by atoms with Gasteiger partial charge in [0.25, 0.3) is 0 Å². The van der Waals surface area contributed by atoms with Crippen LogP contribution in [0.25, 0.3) is 0 Å². The van der Waals surface area contributed by atoms with Crippen molar-refractivity contribution < 1.29 is 26.9 Å². The summed E-state index contributed by atoms with van der Waals surface area (Å²) in [5, 5.41) is 16.3. The molecule has 6 nitrogen and oxygen atoms in total. The minimum absolute atomic E-state index is 1.34. The molecule has 1 aromatic heterocycles. The Morgan fingerprint density at radius 3 is 2.20 bits per heavy atom. The van der Waals surface area contributed by atoms with Crippen LogP contribution in [0.15, 0.2) is 0 Å². The van der Waals surface area contributed by atoms with E-state index in [1.807, 2.05) is 0 Å². The Balaban J connectivity index is 3.27. The summed E-state index contributed by atoms with van der Waals surface area (Å²) in [6, 6.07) is 0. The molecule has 0 aromatic carbocycles. The van der Waals surface area contributed by atoms with Crippen molar-refractivity contribution in [2.75, 3.05) is 0 Å². The highest BCUT2D eigenvalue weighted by Gasteiger charge is 2.63. The van der Waals surface area contributed by atoms with E-state index in [4.69, 9.17) is 0 Å². The van der Waals surface area contributed by atoms with Crippen LogP contribution in [0.5, 0.6) is 0 Å². The summed E-state index contributed by atoms with van der Waals surface area (Å²) < 4.78 is 60.5. The van der Waals surface area contributed by atoms with Crippen molar-refractivity contribution in [1.29, 1.82) is 0 Å². The summed E-state index contributed by atoms with van der Waals surface area (Å²) in [4.78, 5) is 8.59. The van der Waals surface area contributed by atoms with E-state index in [1.54, 1.807) is 0 Å². The average Bonchev–Trinajstić information content (AvgIpc) is 2.48. The molecule has 15 heavy (non-hydrogen) atoms. The minimum atomic E-state index is -5.96. The number of rotatable bonds is 2. The summed E-state index contributed by atoms with van der Waals surface area (Å²) in [6.07, 6.45) is -5.96. The Morgan fingerprint density at radius 1 is 1.27 bits per heavy atom. The van der Waals surface area contributed by atoms with Gasteiger partial charge < -0.3 is 10.1 Å². The van der Waals surface area contributed by atoms with Crippen molar-refractivity contribution >= 4 is 5.82 Å². The van der Waals surface area contributed by atoms with Crippen LogP contribution in [0.3, 0.4) is 0 Å². The van der Waals surface area contributed by atoms with Crippen LogP contribution in [-0.2, 0) is 5.92 Å². The van der Waals surface area contributed by atoms with E-state index in [0.717, 1.165) is 0 Å². The summed E-state index contributed by atoms with van der Waals surface area (Å²) in [5.74, 6) is -7.00. The number of nitrogens with one attached hydrogen (secondary N) is 1. The molecule has 1 N–H and O–H groups in total. The molecule has 0 bridgehead atoms. The number of aromatic nitrogens is 3. The van der Waals surface area contributed by atoms with Crippen molar-refractivity contribution in [1.82, 2.24) is 15.4 Å². The van der Waals surface area contributed by atoms with E-state index in [2.05, 4.69) is 10.3 Å². The van der Waals surface area contributed by atoms with Crippen LogP contribution in [0.1, 0.15) is 5.69 Å². The topological polar surface area (TPSA) is 84.7 Å². The van der Waals surface area contributed by atoms with Gasteiger partial charge in [0.15, 0.2) is 0 Å². The van der Waals surface area contributed by atoms with Gasteiger partial charge in [-0.3, -0.25) is 0 Å². The van der Waals surface area contributed by atoms with Gasteiger partial charge in [-0.2, -0.15) is 22.0 Å². The van der Waals surface area contributed by atoms with Crippen molar-refractivity contribution in [2.24, 2.45) is 0 Å². The lowest BCUT2D eigenvalue weighted by Crippen LogP contribution is -2.34. The quantitative estimate of drug-likeness (QED) is 0.474. The summed E-state index contributed by atoms with van der Waals surface area (Å²) in [5.41, 5.74) is -2.06. The van der Waals surface area contributed by atoms with E-state index < -0.39 is 28.5 Å². The Hall–Kier alpha value is -1.81. The molecule has 0 aliphatic heterocycles. The first-order valence-corrected chi connectivity index (χ1v) is 3.18. The second kappa shape index (κ2) is 3.10. The van der Waals surface area contributed by atoms with Crippen molar-refractivity contribution in [3.63, 3.8) is 0 Å². The van der Waals surface area contributed by atoms with Crippen LogP contribution < -0.4 is 0 Å². The fraction of sp³-hybridized carbons (Fsp3) is 0.500. The molecule has 0 radical (unpaired) electrons. The number of alkyl halides is 5. The third-order valence-electron chi connectivity index (χ3n) is 1.37. The maximum absolute atomic E-state index is 12.6.